The lowest BCUT2D eigenvalue weighted by Gasteiger charge is -2.25. The lowest BCUT2D eigenvalue weighted by atomic mass is 10.1. The zero-order valence-corrected chi connectivity index (χ0v) is 10.5. The summed E-state index contributed by atoms with van der Waals surface area (Å²) in [6.07, 6.45) is 5.73. The van der Waals surface area contributed by atoms with Crippen LogP contribution in [0.25, 0.3) is 0 Å². The van der Waals surface area contributed by atoms with Crippen LogP contribution in [0.1, 0.15) is 24.6 Å². The van der Waals surface area contributed by atoms with Gasteiger partial charge >= 0.3 is 0 Å². The van der Waals surface area contributed by atoms with E-state index < -0.39 is 0 Å². The van der Waals surface area contributed by atoms with Gasteiger partial charge in [-0.2, -0.15) is 0 Å². The molecular weight excluding hydrogens is 216 g/mol. The molecule has 1 aliphatic rings. The van der Waals surface area contributed by atoms with Gasteiger partial charge in [-0.3, -0.25) is 9.88 Å². The Kier molecular flexibility index (Phi) is 3.91. The van der Waals surface area contributed by atoms with Gasteiger partial charge in [-0.1, -0.05) is 0 Å². The van der Waals surface area contributed by atoms with Gasteiger partial charge in [-0.05, 0) is 19.4 Å². The molecule has 0 bridgehead atoms. The molecule has 0 aliphatic carbocycles. The van der Waals surface area contributed by atoms with Crippen molar-refractivity contribution in [1.29, 1.82) is 0 Å². The highest BCUT2D eigenvalue weighted by Crippen LogP contribution is 2.33. The van der Waals surface area contributed by atoms with E-state index in [1.807, 2.05) is 19.0 Å². The van der Waals surface area contributed by atoms with Gasteiger partial charge in [0.15, 0.2) is 5.82 Å². The van der Waals surface area contributed by atoms with E-state index in [4.69, 9.17) is 5.11 Å². The Balaban J connectivity index is 2.26. The van der Waals surface area contributed by atoms with Crippen LogP contribution >= 0.6 is 0 Å². The number of hydrogen-bond donors (Lipinski definition) is 1. The molecule has 1 fully saturated rings. The summed E-state index contributed by atoms with van der Waals surface area (Å²) in [4.78, 5) is 13.2. The second kappa shape index (κ2) is 5.42. The topological polar surface area (TPSA) is 52.5 Å². The van der Waals surface area contributed by atoms with Crippen molar-refractivity contribution in [2.75, 3.05) is 38.7 Å². The molecule has 1 aliphatic heterocycles. The van der Waals surface area contributed by atoms with E-state index in [1.54, 1.807) is 12.4 Å². The fourth-order valence-electron chi connectivity index (χ4n) is 2.45. The first kappa shape index (κ1) is 12.3. The molecule has 0 unspecified atom stereocenters. The minimum absolute atomic E-state index is 0.202. The molecule has 0 radical (unpaired) electrons. The lowest BCUT2D eigenvalue weighted by Crippen LogP contribution is -2.28. The van der Waals surface area contributed by atoms with E-state index in [2.05, 4.69) is 14.9 Å². The van der Waals surface area contributed by atoms with E-state index in [1.165, 1.54) is 0 Å². The molecule has 1 atom stereocenters. The zero-order valence-electron chi connectivity index (χ0n) is 10.5. The average molecular weight is 236 g/mol. The highest BCUT2D eigenvalue weighted by Gasteiger charge is 2.29. The van der Waals surface area contributed by atoms with Crippen LogP contribution in [0.2, 0.25) is 0 Å². The summed E-state index contributed by atoms with van der Waals surface area (Å²) in [5.74, 6) is 0.933. The van der Waals surface area contributed by atoms with Crippen LogP contribution in [-0.2, 0) is 0 Å². The van der Waals surface area contributed by atoms with Crippen LogP contribution in [0.3, 0.4) is 0 Å². The van der Waals surface area contributed by atoms with Gasteiger partial charge in [0.05, 0.1) is 18.3 Å². The quantitative estimate of drug-likeness (QED) is 0.833. The summed E-state index contributed by atoms with van der Waals surface area (Å²) in [6.45, 7) is 1.96. The Hall–Kier alpha value is -1.20. The van der Waals surface area contributed by atoms with Gasteiger partial charge in [0.2, 0.25) is 0 Å². The monoisotopic (exact) mass is 236 g/mol. The predicted molar refractivity (Wildman–Crippen MR) is 67.0 cm³/mol. The maximum Gasteiger partial charge on any atom is 0.151 e. The van der Waals surface area contributed by atoms with Crippen molar-refractivity contribution in [2.24, 2.45) is 0 Å². The van der Waals surface area contributed by atoms with Crippen LogP contribution in [0.4, 0.5) is 5.82 Å². The van der Waals surface area contributed by atoms with Crippen molar-refractivity contribution in [2.45, 2.75) is 18.9 Å². The molecule has 2 heterocycles. The predicted octanol–water partition coefficient (Wildman–Crippen LogP) is 0.672. The average Bonchev–Trinajstić information content (AvgIpc) is 2.77. The van der Waals surface area contributed by atoms with Crippen molar-refractivity contribution in [3.63, 3.8) is 0 Å². The van der Waals surface area contributed by atoms with Gasteiger partial charge < -0.3 is 10.0 Å². The van der Waals surface area contributed by atoms with Crippen molar-refractivity contribution < 1.29 is 5.11 Å². The number of aliphatic hydroxyl groups excluding tert-OH is 1. The van der Waals surface area contributed by atoms with Gasteiger partial charge in [0.25, 0.3) is 0 Å². The normalized spacial score (nSPS) is 20.8. The second-order valence-corrected chi connectivity index (χ2v) is 4.58. The molecule has 2 rings (SSSR count). The fraction of sp³-hybridized carbons (Fsp3) is 0.667. The largest absolute Gasteiger partial charge is 0.395 e. The third kappa shape index (κ3) is 2.56. The number of aromatic nitrogens is 2. The summed E-state index contributed by atoms with van der Waals surface area (Å²) in [5.41, 5.74) is 1.03. The van der Waals surface area contributed by atoms with Crippen molar-refractivity contribution in [3.8, 4) is 0 Å². The molecule has 0 amide bonds. The molecule has 1 aromatic heterocycles. The highest BCUT2D eigenvalue weighted by atomic mass is 16.3. The molecule has 17 heavy (non-hydrogen) atoms. The van der Waals surface area contributed by atoms with Gasteiger partial charge in [-0.25, -0.2) is 4.98 Å². The van der Waals surface area contributed by atoms with E-state index in [0.29, 0.717) is 12.6 Å². The van der Waals surface area contributed by atoms with E-state index in [9.17, 15) is 0 Å². The maximum atomic E-state index is 9.08. The summed E-state index contributed by atoms with van der Waals surface area (Å²) >= 11 is 0. The molecule has 5 nitrogen and oxygen atoms in total. The number of hydrogen-bond acceptors (Lipinski definition) is 5. The highest BCUT2D eigenvalue weighted by molar-refractivity contribution is 5.43. The summed E-state index contributed by atoms with van der Waals surface area (Å²) in [7, 11) is 3.97. The molecule has 1 aromatic rings. The third-order valence-corrected chi connectivity index (χ3v) is 3.20. The summed E-state index contributed by atoms with van der Waals surface area (Å²) < 4.78 is 0. The minimum Gasteiger partial charge on any atom is -0.395 e. The molecule has 0 spiro atoms. The second-order valence-electron chi connectivity index (χ2n) is 4.58. The van der Waals surface area contributed by atoms with E-state index >= 15 is 0 Å². The molecule has 1 saturated heterocycles. The fourth-order valence-corrected chi connectivity index (χ4v) is 2.45. The smallest absolute Gasteiger partial charge is 0.151 e. The Labute approximate surface area is 102 Å². The number of β-amino-alcohol motifs (C(OH)–C–C–N with tert-alkyl or cyclic N) is 1. The van der Waals surface area contributed by atoms with Crippen molar-refractivity contribution >= 4 is 5.82 Å². The number of aliphatic hydroxyl groups is 1. The zero-order chi connectivity index (χ0) is 12.3. The van der Waals surface area contributed by atoms with Crippen LogP contribution in [0.5, 0.6) is 0 Å². The van der Waals surface area contributed by atoms with Crippen LogP contribution in [0, 0.1) is 0 Å². The Morgan fingerprint density at radius 2 is 2.18 bits per heavy atom. The molecule has 0 saturated carbocycles. The maximum absolute atomic E-state index is 9.08. The first-order valence-corrected chi connectivity index (χ1v) is 6.07. The molecule has 1 N–H and O–H groups in total. The number of anilines is 1. The van der Waals surface area contributed by atoms with Gasteiger partial charge in [-0.15, -0.1) is 0 Å². The third-order valence-electron chi connectivity index (χ3n) is 3.20. The van der Waals surface area contributed by atoms with Crippen molar-refractivity contribution in [1.82, 2.24) is 14.9 Å². The van der Waals surface area contributed by atoms with Gasteiger partial charge in [0.1, 0.15) is 0 Å². The van der Waals surface area contributed by atoms with E-state index in [0.717, 1.165) is 30.9 Å². The Morgan fingerprint density at radius 1 is 1.41 bits per heavy atom. The van der Waals surface area contributed by atoms with Crippen molar-refractivity contribution in [3.05, 3.63) is 18.1 Å². The Morgan fingerprint density at radius 3 is 2.88 bits per heavy atom. The lowest BCUT2D eigenvalue weighted by molar-refractivity contribution is 0.183. The first-order chi connectivity index (χ1) is 8.24. The van der Waals surface area contributed by atoms with E-state index in [-0.39, 0.29) is 6.61 Å². The van der Waals surface area contributed by atoms with Crippen LogP contribution in [0.15, 0.2) is 12.4 Å². The first-order valence-electron chi connectivity index (χ1n) is 6.07. The molecule has 5 heteroatoms. The SMILES string of the molecule is CN(C)c1nccnc1[C@H]1CCCN1CCO. The summed E-state index contributed by atoms with van der Waals surface area (Å²) in [5, 5.41) is 9.08. The molecular formula is C12H20N4O. The van der Waals surface area contributed by atoms with Gasteiger partial charge in [0, 0.05) is 33.0 Å². The van der Waals surface area contributed by atoms with Crippen LogP contribution < -0.4 is 4.90 Å². The minimum atomic E-state index is 0.202. The molecule has 0 aromatic carbocycles. The number of rotatable bonds is 4. The summed E-state index contributed by atoms with van der Waals surface area (Å²) in [6, 6.07) is 0.299. The molecule has 94 valence electrons. The standard InChI is InChI=1S/C12H20N4O/c1-15(2)12-11(13-5-6-14-12)10-4-3-7-16(10)8-9-17/h5-6,10,17H,3-4,7-9H2,1-2H3/t10-/m1/s1. The number of likely N-dealkylation sites (tertiary alicyclic amines) is 1. The number of nitrogens with zero attached hydrogens (tertiary/aromatic N) is 4. The van der Waals surface area contributed by atoms with Crippen LogP contribution in [-0.4, -0.2) is 53.8 Å². The Bertz CT molecular complexity index is 369.